The van der Waals surface area contributed by atoms with Crippen LogP contribution in [0.1, 0.15) is 18.9 Å². The summed E-state index contributed by atoms with van der Waals surface area (Å²) in [5.74, 6) is 0. The van der Waals surface area contributed by atoms with Gasteiger partial charge in [-0.3, -0.25) is 9.36 Å². The lowest BCUT2D eigenvalue weighted by Crippen LogP contribution is -2.20. The van der Waals surface area contributed by atoms with Gasteiger partial charge in [-0.2, -0.15) is 0 Å². The second kappa shape index (κ2) is 5.58. The first-order valence-corrected chi connectivity index (χ1v) is 8.64. The standard InChI is InChI=1S/C16H19N5OS/c1-20(2)8-7-17-16-19-12-6-5-11-13(14(12)23-16)15(22)21(9-18-11)10-3-4-10/h5-6,9-10H,3-4,7-8H2,1-2H3,(H,17,19). The summed E-state index contributed by atoms with van der Waals surface area (Å²) in [6.07, 6.45) is 3.83. The lowest BCUT2D eigenvalue weighted by atomic mass is 10.2. The normalized spacial score (nSPS) is 14.9. The highest BCUT2D eigenvalue weighted by Crippen LogP contribution is 2.35. The number of rotatable bonds is 5. The third kappa shape index (κ3) is 2.70. The smallest absolute Gasteiger partial charge is 0.262 e. The Labute approximate surface area is 137 Å². The minimum Gasteiger partial charge on any atom is -0.360 e. The Morgan fingerprint density at radius 3 is 2.87 bits per heavy atom. The monoisotopic (exact) mass is 329 g/mol. The summed E-state index contributed by atoms with van der Waals surface area (Å²) >= 11 is 1.54. The zero-order chi connectivity index (χ0) is 16.0. The molecule has 1 fully saturated rings. The summed E-state index contributed by atoms with van der Waals surface area (Å²) in [5.41, 5.74) is 1.68. The van der Waals surface area contributed by atoms with E-state index in [9.17, 15) is 4.79 Å². The maximum absolute atomic E-state index is 12.8. The van der Waals surface area contributed by atoms with Gasteiger partial charge in [0, 0.05) is 19.1 Å². The van der Waals surface area contributed by atoms with Crippen LogP contribution in [0, 0.1) is 0 Å². The van der Waals surface area contributed by atoms with Crippen LogP contribution in [0.15, 0.2) is 23.3 Å². The number of hydrogen-bond acceptors (Lipinski definition) is 6. The lowest BCUT2D eigenvalue weighted by Gasteiger charge is -2.08. The molecule has 1 aliphatic carbocycles. The molecule has 1 aliphatic rings. The van der Waals surface area contributed by atoms with Gasteiger partial charge in [-0.25, -0.2) is 9.97 Å². The highest BCUT2D eigenvalue weighted by atomic mass is 32.1. The minimum absolute atomic E-state index is 0.0617. The van der Waals surface area contributed by atoms with Crippen molar-refractivity contribution in [2.45, 2.75) is 18.9 Å². The summed E-state index contributed by atoms with van der Waals surface area (Å²) in [7, 11) is 4.08. The molecule has 4 rings (SSSR count). The molecule has 2 aromatic heterocycles. The van der Waals surface area contributed by atoms with Gasteiger partial charge in [0.25, 0.3) is 5.56 Å². The number of benzene rings is 1. The fourth-order valence-electron chi connectivity index (χ4n) is 2.68. The Bertz CT molecular complexity index is 925. The lowest BCUT2D eigenvalue weighted by molar-refractivity contribution is 0.425. The van der Waals surface area contributed by atoms with E-state index in [1.807, 2.05) is 26.2 Å². The first kappa shape index (κ1) is 14.6. The maximum atomic E-state index is 12.8. The van der Waals surface area contributed by atoms with Crippen LogP contribution < -0.4 is 10.9 Å². The van der Waals surface area contributed by atoms with E-state index in [1.165, 1.54) is 11.3 Å². The predicted molar refractivity (Wildman–Crippen MR) is 94.5 cm³/mol. The molecule has 0 spiro atoms. The van der Waals surface area contributed by atoms with E-state index in [2.05, 4.69) is 20.2 Å². The summed E-state index contributed by atoms with van der Waals surface area (Å²) in [5, 5.41) is 4.90. The van der Waals surface area contributed by atoms with Crippen molar-refractivity contribution >= 4 is 37.6 Å². The number of aromatic nitrogens is 3. The molecule has 2 heterocycles. The van der Waals surface area contributed by atoms with Crippen molar-refractivity contribution in [2.75, 3.05) is 32.5 Å². The van der Waals surface area contributed by atoms with Crippen LogP contribution in [-0.2, 0) is 0 Å². The number of nitrogens with one attached hydrogen (secondary N) is 1. The highest BCUT2D eigenvalue weighted by molar-refractivity contribution is 7.23. The average molecular weight is 329 g/mol. The largest absolute Gasteiger partial charge is 0.360 e. The van der Waals surface area contributed by atoms with Gasteiger partial charge >= 0.3 is 0 Å². The summed E-state index contributed by atoms with van der Waals surface area (Å²) in [4.78, 5) is 24.0. The van der Waals surface area contributed by atoms with Gasteiger partial charge in [-0.1, -0.05) is 11.3 Å². The Morgan fingerprint density at radius 2 is 2.13 bits per heavy atom. The molecular weight excluding hydrogens is 310 g/mol. The van der Waals surface area contributed by atoms with Gasteiger partial charge in [0.2, 0.25) is 0 Å². The molecule has 1 aromatic carbocycles. The fourth-order valence-corrected chi connectivity index (χ4v) is 3.70. The predicted octanol–water partition coefficient (Wildman–Crippen LogP) is 2.31. The fraction of sp³-hybridized carbons (Fsp3) is 0.438. The van der Waals surface area contributed by atoms with E-state index in [4.69, 9.17) is 0 Å². The Kier molecular flexibility index (Phi) is 3.54. The van der Waals surface area contributed by atoms with Crippen LogP contribution in [-0.4, -0.2) is 46.6 Å². The van der Waals surface area contributed by atoms with E-state index >= 15 is 0 Å². The van der Waals surface area contributed by atoms with Gasteiger partial charge in [0.05, 0.1) is 27.4 Å². The van der Waals surface area contributed by atoms with E-state index in [-0.39, 0.29) is 5.56 Å². The first-order chi connectivity index (χ1) is 11.1. The molecule has 0 radical (unpaired) electrons. The Balaban J connectivity index is 1.78. The zero-order valence-corrected chi connectivity index (χ0v) is 14.1. The molecule has 0 unspecified atom stereocenters. The molecule has 1 N–H and O–H groups in total. The average Bonchev–Trinajstić information content (AvgIpc) is 3.26. The van der Waals surface area contributed by atoms with Crippen molar-refractivity contribution in [3.8, 4) is 0 Å². The van der Waals surface area contributed by atoms with E-state index in [1.54, 1.807) is 10.9 Å². The number of fused-ring (bicyclic) bond motifs is 3. The molecule has 6 nitrogen and oxygen atoms in total. The van der Waals surface area contributed by atoms with Gasteiger partial charge in [0.1, 0.15) is 0 Å². The molecule has 0 amide bonds. The summed E-state index contributed by atoms with van der Waals surface area (Å²) < 4.78 is 2.71. The molecule has 1 saturated carbocycles. The molecule has 0 atom stereocenters. The molecule has 3 aromatic rings. The van der Waals surface area contributed by atoms with Gasteiger partial charge in [-0.15, -0.1) is 0 Å². The van der Waals surface area contributed by atoms with Crippen LogP contribution in [0.4, 0.5) is 5.13 Å². The van der Waals surface area contributed by atoms with Gasteiger partial charge in [0.15, 0.2) is 5.13 Å². The van der Waals surface area contributed by atoms with Gasteiger partial charge < -0.3 is 10.2 Å². The number of likely N-dealkylation sites (N-methyl/N-ethyl adjacent to an activating group) is 1. The number of thiazole rings is 1. The van der Waals surface area contributed by atoms with Crippen LogP contribution >= 0.6 is 11.3 Å². The van der Waals surface area contributed by atoms with Crippen LogP contribution in [0.25, 0.3) is 21.1 Å². The topological polar surface area (TPSA) is 63.0 Å². The van der Waals surface area contributed by atoms with Crippen LogP contribution in [0.3, 0.4) is 0 Å². The third-order valence-electron chi connectivity index (χ3n) is 4.08. The Hall–Kier alpha value is -1.99. The molecule has 0 bridgehead atoms. The maximum Gasteiger partial charge on any atom is 0.262 e. The zero-order valence-electron chi connectivity index (χ0n) is 13.2. The van der Waals surface area contributed by atoms with E-state index in [0.717, 1.165) is 46.8 Å². The molecule has 120 valence electrons. The Morgan fingerprint density at radius 1 is 1.35 bits per heavy atom. The molecular formula is C16H19N5OS. The van der Waals surface area contributed by atoms with E-state index in [0.29, 0.717) is 11.4 Å². The molecule has 0 aliphatic heterocycles. The van der Waals surface area contributed by atoms with Crippen LogP contribution in [0.5, 0.6) is 0 Å². The number of nitrogens with zero attached hydrogens (tertiary/aromatic N) is 4. The molecule has 0 saturated heterocycles. The van der Waals surface area contributed by atoms with Crippen LogP contribution in [0.2, 0.25) is 0 Å². The first-order valence-electron chi connectivity index (χ1n) is 7.82. The third-order valence-corrected chi connectivity index (χ3v) is 5.13. The van der Waals surface area contributed by atoms with Crippen molar-refractivity contribution in [3.05, 3.63) is 28.8 Å². The highest BCUT2D eigenvalue weighted by Gasteiger charge is 2.26. The number of anilines is 1. The molecule has 7 heteroatoms. The summed E-state index contributed by atoms with van der Waals surface area (Å²) in [6, 6.07) is 4.17. The number of hydrogen-bond donors (Lipinski definition) is 1. The molecule has 23 heavy (non-hydrogen) atoms. The van der Waals surface area contributed by atoms with Crippen molar-refractivity contribution in [3.63, 3.8) is 0 Å². The van der Waals surface area contributed by atoms with E-state index < -0.39 is 0 Å². The second-order valence-corrected chi connectivity index (χ2v) is 7.24. The quantitative estimate of drug-likeness (QED) is 0.778. The minimum atomic E-state index is 0.0617. The van der Waals surface area contributed by atoms with Crippen molar-refractivity contribution in [1.82, 2.24) is 19.4 Å². The van der Waals surface area contributed by atoms with Gasteiger partial charge in [-0.05, 0) is 39.1 Å². The van der Waals surface area contributed by atoms with Crippen molar-refractivity contribution < 1.29 is 0 Å². The summed E-state index contributed by atoms with van der Waals surface area (Å²) in [6.45, 7) is 1.77. The second-order valence-electron chi connectivity index (χ2n) is 6.25. The van der Waals surface area contributed by atoms with Crippen molar-refractivity contribution in [1.29, 1.82) is 0 Å². The van der Waals surface area contributed by atoms with Crippen molar-refractivity contribution in [2.24, 2.45) is 0 Å². The SMILES string of the molecule is CN(C)CCNc1nc2ccc3ncn(C4CC4)c(=O)c3c2s1.